The smallest absolute Gasteiger partial charge is 0.870 e. The first-order chi connectivity index (χ1) is 3.46. The van der Waals surface area contributed by atoms with Crippen LogP contribution in [0, 0.1) is 0 Å². The normalized spacial score (nSPS) is 2.53. The van der Waals surface area contributed by atoms with Crippen molar-refractivity contribution < 1.29 is 99.4 Å². The van der Waals surface area contributed by atoms with Crippen molar-refractivity contribution >= 4 is 134 Å². The number of hydrogen-bond donors (Lipinski definition) is 0. The molecule has 0 unspecified atom stereocenters. The van der Waals surface area contributed by atoms with Crippen molar-refractivity contribution in [3.8, 4) is 0 Å². The number of carboxylic acid groups (broad SMARTS) is 4. The molecule has 0 aromatic carbocycles. The van der Waals surface area contributed by atoms with Crippen LogP contribution in [-0.2, 0) is 58.4 Å². The topological polar surface area (TPSA) is 186 Å². The summed E-state index contributed by atoms with van der Waals surface area (Å²) in [6, 6.07) is 0. The summed E-state index contributed by atoms with van der Waals surface area (Å²) in [5.74, 6) is 0. The van der Waals surface area contributed by atoms with Crippen molar-refractivity contribution in [2.75, 3.05) is 0 Å². The van der Waals surface area contributed by atoms with Gasteiger partial charge < -0.3 is 41.0 Å². The molecule has 0 saturated heterocycles. The van der Waals surface area contributed by atoms with E-state index in [1.165, 1.54) is 0 Å². The van der Waals surface area contributed by atoms with Crippen LogP contribution >= 0.6 is 0 Å². The van der Waals surface area contributed by atoms with Crippen molar-refractivity contribution in [3.05, 3.63) is 0 Å². The number of hydrogen-bond acceptors (Lipinski definition) is 8. The standard InChI is InChI=1S/2CH2O3.3Al.3Mg.2H2O.3Zn.6H/c2*2-1(3)4;;;;;;;;;;;;;;;;;/h2*(H2,2,3,4);;;;;;;2*1H2;;;;;;;;;/q;;;;;;;;;;3*+2;;;;;;/p-6. The Morgan fingerprint density at radius 3 is 0.526 bits per heavy atom. The van der Waals surface area contributed by atoms with Gasteiger partial charge in [-0.2, -0.15) is 0 Å². The maximum Gasteiger partial charge on any atom is 2.00 e. The maximum atomic E-state index is 8.33. The van der Waals surface area contributed by atoms with Gasteiger partial charge in [-0.3, -0.25) is 0 Å². The molecule has 0 bridgehead atoms. The maximum absolute atomic E-state index is 8.33. The monoisotopic (exact) mass is 505 g/mol. The number of carbonyl (C=O) groups excluding carboxylic acids is 2. The third kappa shape index (κ3) is 509. The Morgan fingerprint density at radius 1 is 0.526 bits per heavy atom. The Balaban J connectivity index is -0.00000000218. The van der Waals surface area contributed by atoms with Crippen LogP contribution in [0.1, 0.15) is 0 Å². The van der Waals surface area contributed by atoms with Crippen molar-refractivity contribution in [2.45, 2.75) is 0 Å². The molecule has 0 fully saturated rings. The van der Waals surface area contributed by atoms with Crippen LogP contribution in [0.3, 0.4) is 0 Å². The van der Waals surface area contributed by atoms with Gasteiger partial charge in [0, 0.05) is 52.1 Å². The van der Waals surface area contributed by atoms with Gasteiger partial charge >= 0.3 is 128 Å². The fourth-order valence-corrected chi connectivity index (χ4v) is 0. The summed E-state index contributed by atoms with van der Waals surface area (Å²) >= 11 is 0. The Kier molecular flexibility index (Phi) is 553. The summed E-state index contributed by atoms with van der Waals surface area (Å²) in [5, 5.41) is 33.3. The van der Waals surface area contributed by atoms with E-state index in [-0.39, 0.29) is 191 Å². The minimum atomic E-state index is -2.33. The molecule has 85 valence electrons. The predicted molar refractivity (Wildman–Crippen MR) is 57.6 cm³/mol. The first-order valence-electron chi connectivity index (χ1n) is 1.22. The molecule has 0 rings (SSSR count). The second kappa shape index (κ2) is 95.8. The molecule has 0 aliphatic heterocycles. The van der Waals surface area contributed by atoms with Crippen molar-refractivity contribution in [1.82, 2.24) is 0 Å². The van der Waals surface area contributed by atoms with E-state index in [0.29, 0.717) is 0 Å². The molecular weight excluding hydrogens is 502 g/mol. The van der Waals surface area contributed by atoms with Gasteiger partial charge in [0.15, 0.2) is 0 Å². The molecule has 0 saturated carbocycles. The molecule has 0 atom stereocenters. The average Bonchev–Trinajstić information content (AvgIpc) is 1.25. The first kappa shape index (κ1) is 110. The Hall–Kier alpha value is 4.23. The van der Waals surface area contributed by atoms with Gasteiger partial charge in [-0.15, -0.1) is 0 Å². The summed E-state index contributed by atoms with van der Waals surface area (Å²) in [4.78, 5) is 16.7. The van der Waals surface area contributed by atoms with Gasteiger partial charge in [0.25, 0.3) is 0 Å². The summed E-state index contributed by atoms with van der Waals surface area (Å²) in [5.41, 5.74) is 0. The predicted octanol–water partition coefficient (Wildman–Crippen LogP) is -9.15. The molecule has 0 aliphatic rings. The second-order valence-electron chi connectivity index (χ2n) is 0.500. The Labute approximate surface area is 229 Å². The minimum absolute atomic E-state index is 0. The van der Waals surface area contributed by atoms with Crippen LogP contribution in [-0.4, -0.2) is 145 Å². The van der Waals surface area contributed by atoms with E-state index in [4.69, 9.17) is 30.0 Å². The summed E-state index contributed by atoms with van der Waals surface area (Å²) in [6.45, 7) is 0. The van der Waals surface area contributed by atoms with E-state index in [0.717, 1.165) is 0 Å². The van der Waals surface area contributed by atoms with Crippen LogP contribution < -0.4 is 20.4 Å². The van der Waals surface area contributed by atoms with Crippen molar-refractivity contribution in [2.24, 2.45) is 0 Å². The zero-order chi connectivity index (χ0) is 7.15. The summed E-state index contributed by atoms with van der Waals surface area (Å²) in [7, 11) is 0. The van der Waals surface area contributed by atoms with E-state index in [2.05, 4.69) is 0 Å². The molecule has 0 spiro atoms. The SMILES string of the molecule is O=C([O-])[O-].O=C([O-])[O-].[Al].[Al].[Al].[MgH2].[MgH2].[MgH2].[OH-].[OH-].[Zn+2].[Zn+2].[Zn+2]. The van der Waals surface area contributed by atoms with Gasteiger partial charge in [-0.1, -0.05) is 0 Å². The zero-order valence-electron chi connectivity index (χ0n) is 8.20. The number of rotatable bonds is 0. The van der Waals surface area contributed by atoms with E-state index in [1.807, 2.05) is 0 Å². The number of carbonyl (C=O) groups is 2. The zero-order valence-corrected chi connectivity index (χ0v) is 20.6. The van der Waals surface area contributed by atoms with Gasteiger partial charge in [-0.25, -0.2) is 0 Å². The molecule has 0 aromatic rings. The third-order valence-electron chi connectivity index (χ3n) is 0. The molecule has 2 N–H and O–H groups in total. The fraction of sp³-hybridized carbons (Fsp3) is 0. The van der Waals surface area contributed by atoms with E-state index >= 15 is 0 Å². The Bertz CT molecular complexity index is 98.5. The molecule has 0 aliphatic carbocycles. The summed E-state index contributed by atoms with van der Waals surface area (Å²) in [6.07, 6.45) is -4.67. The molecule has 17 heteroatoms. The molecule has 19 heavy (non-hydrogen) atoms. The molecule has 8 nitrogen and oxygen atoms in total. The van der Waals surface area contributed by atoms with Gasteiger partial charge in [0.2, 0.25) is 0 Å². The van der Waals surface area contributed by atoms with Crippen molar-refractivity contribution in [3.63, 3.8) is 0 Å². The average molecular weight is 510 g/mol. The van der Waals surface area contributed by atoms with Gasteiger partial charge in [0.05, 0.1) is 0 Å². The third-order valence-corrected chi connectivity index (χ3v) is 0. The van der Waals surface area contributed by atoms with Crippen LogP contribution in [0.15, 0.2) is 0 Å². The van der Waals surface area contributed by atoms with Crippen LogP contribution in [0.25, 0.3) is 0 Å². The Morgan fingerprint density at radius 2 is 0.526 bits per heavy atom. The first-order valence-corrected chi connectivity index (χ1v) is 1.22. The van der Waals surface area contributed by atoms with Crippen LogP contribution in [0.5, 0.6) is 0 Å². The molecule has 0 amide bonds. The van der Waals surface area contributed by atoms with Crippen LogP contribution in [0.2, 0.25) is 0 Å². The second-order valence-corrected chi connectivity index (χ2v) is 0.500. The van der Waals surface area contributed by atoms with E-state index in [9.17, 15) is 0 Å². The van der Waals surface area contributed by atoms with E-state index in [1.54, 1.807) is 0 Å². The molecule has 0 aromatic heterocycles. The van der Waals surface area contributed by atoms with Gasteiger partial charge in [-0.05, 0) is 12.3 Å². The molecular formula is C2H8Al3Mg3O8Zn3. The fourth-order valence-electron chi connectivity index (χ4n) is 0. The largest absolute Gasteiger partial charge is 2.00 e. The van der Waals surface area contributed by atoms with Crippen LogP contribution in [0.4, 0.5) is 9.59 Å². The minimum Gasteiger partial charge on any atom is -0.870 e. The van der Waals surface area contributed by atoms with Gasteiger partial charge in [0.1, 0.15) is 0 Å². The van der Waals surface area contributed by atoms with Crippen molar-refractivity contribution in [1.29, 1.82) is 0 Å². The molecule has 9 radical (unpaired) electrons. The summed E-state index contributed by atoms with van der Waals surface area (Å²) < 4.78 is 0. The quantitative estimate of drug-likeness (QED) is 0.288. The van der Waals surface area contributed by atoms with E-state index < -0.39 is 12.3 Å². The molecule has 0 heterocycles.